The van der Waals surface area contributed by atoms with Crippen molar-refractivity contribution in [2.75, 3.05) is 30.3 Å². The quantitative estimate of drug-likeness (QED) is 0.812. The van der Waals surface area contributed by atoms with E-state index in [2.05, 4.69) is 30.1 Å². The van der Waals surface area contributed by atoms with Crippen LogP contribution in [0.1, 0.15) is 25.8 Å². The smallest absolute Gasteiger partial charge is 0.239 e. The molecule has 4 nitrogen and oxygen atoms in total. The molecular weight excluding hydrogens is 238 g/mol. The zero-order valence-corrected chi connectivity index (χ0v) is 11.8. The van der Waals surface area contributed by atoms with Crippen molar-refractivity contribution in [1.82, 2.24) is 5.32 Å². The second-order valence-corrected chi connectivity index (χ2v) is 5.58. The van der Waals surface area contributed by atoms with E-state index < -0.39 is 0 Å². The molecular formula is C15H23N3O. The van der Waals surface area contributed by atoms with Gasteiger partial charge in [-0.3, -0.25) is 4.79 Å². The Bertz CT molecular complexity index is 457. The highest BCUT2D eigenvalue weighted by atomic mass is 16.2. The fraction of sp³-hybridized carbons (Fsp3) is 0.533. The molecule has 1 amide bonds. The minimum Gasteiger partial charge on any atom is -0.397 e. The Morgan fingerprint density at radius 1 is 1.47 bits per heavy atom. The molecule has 4 heteroatoms. The lowest BCUT2D eigenvalue weighted by Gasteiger charge is -2.32. The summed E-state index contributed by atoms with van der Waals surface area (Å²) >= 11 is 0. The molecule has 0 saturated heterocycles. The summed E-state index contributed by atoms with van der Waals surface area (Å²) in [5.41, 5.74) is 9.13. The van der Waals surface area contributed by atoms with Crippen LogP contribution in [0.4, 0.5) is 11.4 Å². The number of rotatable bonds is 4. The molecule has 1 aromatic carbocycles. The molecule has 0 radical (unpaired) electrons. The molecule has 3 N–H and O–H groups in total. The van der Waals surface area contributed by atoms with Gasteiger partial charge in [0.25, 0.3) is 0 Å². The maximum atomic E-state index is 11.9. The molecule has 2 rings (SSSR count). The van der Waals surface area contributed by atoms with Gasteiger partial charge in [0.2, 0.25) is 5.91 Å². The second-order valence-electron chi connectivity index (χ2n) is 5.58. The Balaban J connectivity index is 2.05. The molecule has 0 fully saturated rings. The second kappa shape index (κ2) is 5.95. The fourth-order valence-corrected chi connectivity index (χ4v) is 2.48. The number of nitrogens with zero attached hydrogens (tertiary/aromatic N) is 1. The summed E-state index contributed by atoms with van der Waals surface area (Å²) in [5, 5.41) is 2.96. The molecule has 1 heterocycles. The number of fused-ring (bicyclic) bond motifs is 1. The van der Waals surface area contributed by atoms with Gasteiger partial charge in [-0.1, -0.05) is 26.0 Å². The number of carbonyl (C=O) groups excluding carboxylic acids is 1. The van der Waals surface area contributed by atoms with Crippen molar-refractivity contribution in [1.29, 1.82) is 0 Å². The first-order chi connectivity index (χ1) is 9.08. The van der Waals surface area contributed by atoms with Gasteiger partial charge >= 0.3 is 0 Å². The van der Waals surface area contributed by atoms with Gasteiger partial charge in [-0.25, -0.2) is 0 Å². The van der Waals surface area contributed by atoms with E-state index in [1.54, 1.807) is 0 Å². The van der Waals surface area contributed by atoms with Gasteiger partial charge in [0.15, 0.2) is 0 Å². The average Bonchev–Trinajstić information content (AvgIpc) is 2.37. The van der Waals surface area contributed by atoms with Crippen molar-refractivity contribution < 1.29 is 4.79 Å². The summed E-state index contributed by atoms with van der Waals surface area (Å²) in [7, 11) is 0. The maximum absolute atomic E-state index is 11.9. The predicted octanol–water partition coefficient (Wildman–Crippen LogP) is 1.79. The number of hydrogen-bond donors (Lipinski definition) is 2. The maximum Gasteiger partial charge on any atom is 0.239 e. The molecule has 19 heavy (non-hydrogen) atoms. The Labute approximate surface area is 115 Å². The van der Waals surface area contributed by atoms with Crippen molar-refractivity contribution in [2.45, 2.75) is 26.7 Å². The molecule has 1 aliphatic heterocycles. The van der Waals surface area contributed by atoms with Gasteiger partial charge in [-0.05, 0) is 30.4 Å². The fourth-order valence-electron chi connectivity index (χ4n) is 2.48. The van der Waals surface area contributed by atoms with Crippen LogP contribution in [0.3, 0.4) is 0 Å². The van der Waals surface area contributed by atoms with Gasteiger partial charge in [0, 0.05) is 13.1 Å². The number of aryl methyl sites for hydroxylation is 1. The first-order valence-corrected chi connectivity index (χ1v) is 6.97. The van der Waals surface area contributed by atoms with Gasteiger partial charge in [-0.15, -0.1) is 0 Å². The van der Waals surface area contributed by atoms with E-state index in [0.29, 0.717) is 12.5 Å². The lowest BCUT2D eigenvalue weighted by atomic mass is 10.0. The van der Waals surface area contributed by atoms with Crippen molar-refractivity contribution in [3.63, 3.8) is 0 Å². The summed E-state index contributed by atoms with van der Waals surface area (Å²) in [4.78, 5) is 14.0. The monoisotopic (exact) mass is 261 g/mol. The molecule has 0 atom stereocenters. The molecule has 1 aromatic rings. The van der Waals surface area contributed by atoms with Crippen LogP contribution in [0.25, 0.3) is 0 Å². The number of para-hydroxylation sites is 1. The molecule has 0 bridgehead atoms. The minimum atomic E-state index is 0.0739. The van der Waals surface area contributed by atoms with Crippen LogP contribution >= 0.6 is 0 Å². The summed E-state index contributed by atoms with van der Waals surface area (Å²) in [6.45, 7) is 6.21. The van der Waals surface area contributed by atoms with Crippen LogP contribution in [-0.2, 0) is 11.2 Å². The zero-order valence-electron chi connectivity index (χ0n) is 11.8. The lowest BCUT2D eigenvalue weighted by Crippen LogP contribution is -2.41. The van der Waals surface area contributed by atoms with Crippen LogP contribution in [0.5, 0.6) is 0 Å². The van der Waals surface area contributed by atoms with E-state index in [4.69, 9.17) is 5.73 Å². The van der Waals surface area contributed by atoms with Gasteiger partial charge in [0.1, 0.15) is 0 Å². The number of nitrogens with one attached hydrogen (secondary N) is 1. The SMILES string of the molecule is CC(C)CNC(=O)CN1CCCc2cccc(N)c21. The number of anilines is 2. The molecule has 0 aliphatic carbocycles. The Hall–Kier alpha value is -1.71. The Morgan fingerprint density at radius 2 is 2.26 bits per heavy atom. The molecule has 0 spiro atoms. The molecule has 104 valence electrons. The summed E-state index contributed by atoms with van der Waals surface area (Å²) < 4.78 is 0. The van der Waals surface area contributed by atoms with E-state index >= 15 is 0 Å². The van der Waals surface area contributed by atoms with E-state index in [0.717, 1.165) is 37.3 Å². The van der Waals surface area contributed by atoms with Crippen molar-refractivity contribution in [2.24, 2.45) is 5.92 Å². The van der Waals surface area contributed by atoms with E-state index in [-0.39, 0.29) is 5.91 Å². The average molecular weight is 261 g/mol. The van der Waals surface area contributed by atoms with Crippen LogP contribution in [-0.4, -0.2) is 25.5 Å². The largest absolute Gasteiger partial charge is 0.397 e. The standard InChI is InChI=1S/C15H23N3O/c1-11(2)9-17-14(19)10-18-8-4-6-12-5-3-7-13(16)15(12)18/h3,5,7,11H,4,6,8-10,16H2,1-2H3,(H,17,19). The highest BCUT2D eigenvalue weighted by Crippen LogP contribution is 2.32. The third kappa shape index (κ3) is 3.40. The van der Waals surface area contributed by atoms with Crippen LogP contribution < -0.4 is 16.0 Å². The molecule has 0 unspecified atom stereocenters. The van der Waals surface area contributed by atoms with Crippen molar-refractivity contribution >= 4 is 17.3 Å². The number of amides is 1. The number of benzene rings is 1. The number of nitrogens with two attached hydrogens (primary N) is 1. The lowest BCUT2D eigenvalue weighted by molar-refractivity contribution is -0.119. The number of hydrogen-bond acceptors (Lipinski definition) is 3. The van der Waals surface area contributed by atoms with Gasteiger partial charge in [-0.2, -0.15) is 0 Å². The normalized spacial score (nSPS) is 14.4. The molecule has 0 saturated carbocycles. The van der Waals surface area contributed by atoms with Gasteiger partial charge < -0.3 is 16.0 Å². The van der Waals surface area contributed by atoms with Crippen LogP contribution in [0, 0.1) is 5.92 Å². The zero-order chi connectivity index (χ0) is 13.8. The molecule has 1 aliphatic rings. The summed E-state index contributed by atoms with van der Waals surface area (Å²) in [5.74, 6) is 0.549. The van der Waals surface area contributed by atoms with Crippen molar-refractivity contribution in [3.8, 4) is 0 Å². The Morgan fingerprint density at radius 3 is 3.00 bits per heavy atom. The van der Waals surface area contributed by atoms with Crippen LogP contribution in [0.2, 0.25) is 0 Å². The highest BCUT2D eigenvalue weighted by molar-refractivity contribution is 5.84. The van der Waals surface area contributed by atoms with Gasteiger partial charge in [0.05, 0.1) is 17.9 Å². The molecule has 0 aromatic heterocycles. The minimum absolute atomic E-state index is 0.0739. The van der Waals surface area contributed by atoms with E-state index in [1.807, 2.05) is 12.1 Å². The van der Waals surface area contributed by atoms with Crippen molar-refractivity contribution in [3.05, 3.63) is 23.8 Å². The summed E-state index contributed by atoms with van der Waals surface area (Å²) in [6, 6.07) is 5.99. The Kier molecular flexibility index (Phi) is 4.30. The van der Waals surface area contributed by atoms with Crippen LogP contribution in [0.15, 0.2) is 18.2 Å². The number of nitrogen functional groups attached to an aromatic ring is 1. The number of carbonyl (C=O) groups is 1. The summed E-state index contributed by atoms with van der Waals surface area (Å²) in [6.07, 6.45) is 2.12. The third-order valence-corrected chi connectivity index (χ3v) is 3.38. The van der Waals surface area contributed by atoms with E-state index in [9.17, 15) is 4.79 Å². The first kappa shape index (κ1) is 13.7. The van der Waals surface area contributed by atoms with E-state index in [1.165, 1.54) is 5.56 Å². The predicted molar refractivity (Wildman–Crippen MR) is 79.2 cm³/mol. The topological polar surface area (TPSA) is 58.4 Å². The first-order valence-electron chi connectivity index (χ1n) is 6.97. The highest BCUT2D eigenvalue weighted by Gasteiger charge is 2.20. The third-order valence-electron chi connectivity index (χ3n) is 3.38.